The summed E-state index contributed by atoms with van der Waals surface area (Å²) in [5.41, 5.74) is 6.20. The van der Waals surface area contributed by atoms with Gasteiger partial charge in [-0.2, -0.15) is 0 Å². The van der Waals surface area contributed by atoms with Crippen LogP contribution in [0, 0.1) is 16.0 Å². The molecule has 2 unspecified atom stereocenters. The van der Waals surface area contributed by atoms with Crippen molar-refractivity contribution >= 4 is 17.3 Å². The molecule has 1 heterocycles. The summed E-state index contributed by atoms with van der Waals surface area (Å²) in [6.07, 6.45) is 1.89. The highest BCUT2D eigenvalue weighted by Crippen LogP contribution is 2.27. The topological polar surface area (TPSA) is 89.5 Å². The number of nitrogen functional groups attached to an aromatic ring is 1. The van der Waals surface area contributed by atoms with Gasteiger partial charge in [0.05, 0.1) is 10.5 Å². The van der Waals surface area contributed by atoms with Crippen LogP contribution in [0.15, 0.2) is 18.2 Å². The van der Waals surface area contributed by atoms with E-state index in [1.54, 1.807) is 4.90 Å². The minimum absolute atomic E-state index is 0.111. The maximum Gasteiger partial charge on any atom is 0.270 e. The van der Waals surface area contributed by atoms with E-state index in [0.717, 1.165) is 12.8 Å². The summed E-state index contributed by atoms with van der Waals surface area (Å²) in [5.74, 6) is 0.377. The van der Waals surface area contributed by atoms with Gasteiger partial charge in [0, 0.05) is 30.4 Å². The van der Waals surface area contributed by atoms with Gasteiger partial charge in [0.2, 0.25) is 0 Å². The number of benzene rings is 1. The quantitative estimate of drug-likeness (QED) is 0.510. The zero-order chi connectivity index (χ0) is 14.9. The van der Waals surface area contributed by atoms with E-state index in [4.69, 9.17) is 5.73 Å². The van der Waals surface area contributed by atoms with E-state index in [1.165, 1.54) is 18.2 Å². The van der Waals surface area contributed by atoms with Gasteiger partial charge in [-0.15, -0.1) is 0 Å². The third-order valence-corrected chi connectivity index (χ3v) is 3.88. The van der Waals surface area contributed by atoms with Crippen LogP contribution in [0.2, 0.25) is 0 Å². The first-order valence-corrected chi connectivity index (χ1v) is 6.75. The van der Waals surface area contributed by atoms with Gasteiger partial charge in [-0.1, -0.05) is 6.92 Å². The van der Waals surface area contributed by atoms with Gasteiger partial charge in [0.1, 0.15) is 0 Å². The normalized spacial score (nSPS) is 22.6. The van der Waals surface area contributed by atoms with Gasteiger partial charge >= 0.3 is 0 Å². The summed E-state index contributed by atoms with van der Waals surface area (Å²) in [6.45, 7) is 4.84. The van der Waals surface area contributed by atoms with Crippen LogP contribution in [-0.4, -0.2) is 28.3 Å². The molecule has 1 saturated heterocycles. The number of hydrogen-bond acceptors (Lipinski definition) is 4. The minimum atomic E-state index is -0.516. The lowest BCUT2D eigenvalue weighted by Gasteiger charge is -2.36. The number of non-ortho nitro benzene ring substituents is 1. The molecule has 0 saturated carbocycles. The standard InChI is InChI=1S/C14H19N3O3/c1-9-5-6-16(10(2)7-9)14(18)12-8-11(17(19)20)3-4-13(12)15/h3-4,8-10H,5-7,15H2,1-2H3. The average molecular weight is 277 g/mol. The van der Waals surface area contributed by atoms with E-state index in [0.29, 0.717) is 12.5 Å². The highest BCUT2D eigenvalue weighted by atomic mass is 16.6. The van der Waals surface area contributed by atoms with Crippen molar-refractivity contribution in [3.05, 3.63) is 33.9 Å². The molecule has 0 radical (unpaired) electrons. The van der Waals surface area contributed by atoms with Crippen LogP contribution in [0.25, 0.3) is 0 Å². The van der Waals surface area contributed by atoms with E-state index in [2.05, 4.69) is 6.92 Å². The molecule has 0 aromatic heterocycles. The Morgan fingerprint density at radius 2 is 2.15 bits per heavy atom. The Bertz CT molecular complexity index is 544. The van der Waals surface area contributed by atoms with Crippen molar-refractivity contribution in [2.45, 2.75) is 32.7 Å². The number of nitrogens with two attached hydrogens (primary N) is 1. The summed E-state index contributed by atoms with van der Waals surface area (Å²) in [5, 5.41) is 10.8. The Balaban J connectivity index is 2.29. The van der Waals surface area contributed by atoms with Gasteiger partial charge in [-0.25, -0.2) is 0 Å². The third-order valence-electron chi connectivity index (χ3n) is 3.88. The van der Waals surface area contributed by atoms with Gasteiger partial charge in [0.25, 0.3) is 11.6 Å². The molecule has 0 spiro atoms. The molecule has 1 aromatic carbocycles. The van der Waals surface area contributed by atoms with Gasteiger partial charge in [-0.05, 0) is 31.7 Å². The van der Waals surface area contributed by atoms with Crippen LogP contribution in [0.1, 0.15) is 37.0 Å². The van der Waals surface area contributed by atoms with Crippen molar-refractivity contribution < 1.29 is 9.72 Å². The molecule has 6 heteroatoms. The van der Waals surface area contributed by atoms with Crippen LogP contribution >= 0.6 is 0 Å². The van der Waals surface area contributed by atoms with E-state index < -0.39 is 4.92 Å². The summed E-state index contributed by atoms with van der Waals surface area (Å²) in [6, 6.07) is 4.13. The summed E-state index contributed by atoms with van der Waals surface area (Å²) >= 11 is 0. The van der Waals surface area contributed by atoms with Crippen molar-refractivity contribution in [3.63, 3.8) is 0 Å². The lowest BCUT2D eigenvalue weighted by Crippen LogP contribution is -2.44. The van der Waals surface area contributed by atoms with Crippen molar-refractivity contribution in [1.82, 2.24) is 4.90 Å². The smallest absolute Gasteiger partial charge is 0.270 e. The lowest BCUT2D eigenvalue weighted by molar-refractivity contribution is -0.384. The number of nitro groups is 1. The van der Waals surface area contributed by atoms with Crippen molar-refractivity contribution in [2.24, 2.45) is 5.92 Å². The maximum absolute atomic E-state index is 12.5. The molecule has 1 aromatic rings. The zero-order valence-corrected chi connectivity index (χ0v) is 11.7. The second-order valence-electron chi connectivity index (χ2n) is 5.51. The molecular weight excluding hydrogens is 258 g/mol. The number of carbonyl (C=O) groups is 1. The molecule has 0 bridgehead atoms. The van der Waals surface area contributed by atoms with Crippen LogP contribution in [0.4, 0.5) is 11.4 Å². The molecule has 0 aliphatic carbocycles. The molecule has 2 rings (SSSR count). The second kappa shape index (κ2) is 5.48. The average Bonchev–Trinajstić information content (AvgIpc) is 2.38. The number of hydrogen-bond donors (Lipinski definition) is 1. The summed E-state index contributed by atoms with van der Waals surface area (Å²) in [7, 11) is 0. The van der Waals surface area contributed by atoms with Crippen LogP contribution in [0.5, 0.6) is 0 Å². The SMILES string of the molecule is CC1CCN(C(=O)c2cc([N+](=O)[O-])ccc2N)C(C)C1. The number of amides is 1. The first-order valence-electron chi connectivity index (χ1n) is 6.75. The molecule has 1 fully saturated rings. The van der Waals surface area contributed by atoms with E-state index in [1.807, 2.05) is 6.92 Å². The number of rotatable bonds is 2. The fourth-order valence-corrected chi connectivity index (χ4v) is 2.71. The van der Waals surface area contributed by atoms with E-state index >= 15 is 0 Å². The van der Waals surface area contributed by atoms with E-state index in [-0.39, 0.29) is 28.9 Å². The highest BCUT2D eigenvalue weighted by Gasteiger charge is 2.29. The number of piperidine rings is 1. The third kappa shape index (κ3) is 2.74. The summed E-state index contributed by atoms with van der Waals surface area (Å²) < 4.78 is 0. The first-order chi connectivity index (χ1) is 9.40. The fraction of sp³-hybridized carbons (Fsp3) is 0.500. The van der Waals surface area contributed by atoms with Crippen molar-refractivity contribution in [3.8, 4) is 0 Å². The van der Waals surface area contributed by atoms with E-state index in [9.17, 15) is 14.9 Å². The van der Waals surface area contributed by atoms with Crippen molar-refractivity contribution in [2.75, 3.05) is 12.3 Å². The molecule has 1 aliphatic heterocycles. The molecule has 2 atom stereocenters. The number of nitrogens with zero attached hydrogens (tertiary/aromatic N) is 2. The number of carbonyl (C=O) groups excluding carboxylic acids is 1. The zero-order valence-electron chi connectivity index (χ0n) is 11.7. The Morgan fingerprint density at radius 1 is 1.45 bits per heavy atom. The highest BCUT2D eigenvalue weighted by molar-refractivity contribution is 6.00. The largest absolute Gasteiger partial charge is 0.398 e. The van der Waals surface area contributed by atoms with Crippen molar-refractivity contribution in [1.29, 1.82) is 0 Å². The number of likely N-dealkylation sites (tertiary alicyclic amines) is 1. The van der Waals surface area contributed by atoms with Crippen LogP contribution in [-0.2, 0) is 0 Å². The number of anilines is 1. The van der Waals surface area contributed by atoms with Gasteiger partial charge in [0.15, 0.2) is 0 Å². The fourth-order valence-electron chi connectivity index (χ4n) is 2.71. The first kappa shape index (κ1) is 14.3. The Hall–Kier alpha value is -2.11. The van der Waals surface area contributed by atoms with Gasteiger partial charge in [-0.3, -0.25) is 14.9 Å². The molecule has 108 valence electrons. The van der Waals surface area contributed by atoms with Gasteiger partial charge < -0.3 is 10.6 Å². The van der Waals surface area contributed by atoms with Crippen LogP contribution in [0.3, 0.4) is 0 Å². The van der Waals surface area contributed by atoms with Crippen LogP contribution < -0.4 is 5.73 Å². The Labute approximate surface area is 117 Å². The Morgan fingerprint density at radius 3 is 2.75 bits per heavy atom. The molecular formula is C14H19N3O3. The summed E-state index contributed by atoms with van der Waals surface area (Å²) in [4.78, 5) is 24.6. The molecule has 6 nitrogen and oxygen atoms in total. The minimum Gasteiger partial charge on any atom is -0.398 e. The molecule has 20 heavy (non-hydrogen) atoms. The maximum atomic E-state index is 12.5. The Kier molecular flexibility index (Phi) is 3.92. The predicted molar refractivity (Wildman–Crippen MR) is 76.4 cm³/mol. The molecule has 2 N–H and O–H groups in total. The second-order valence-corrected chi connectivity index (χ2v) is 5.51. The number of nitro benzene ring substituents is 1. The predicted octanol–water partition coefficient (Wildman–Crippen LogP) is 2.44. The monoisotopic (exact) mass is 277 g/mol. The molecule has 1 aliphatic rings. The lowest BCUT2D eigenvalue weighted by atomic mass is 9.92. The molecule has 1 amide bonds.